The van der Waals surface area contributed by atoms with E-state index in [0.29, 0.717) is 5.02 Å². The van der Waals surface area contributed by atoms with Gasteiger partial charge in [-0.05, 0) is 140 Å². The van der Waals surface area contributed by atoms with E-state index in [-0.39, 0.29) is 0 Å². The highest BCUT2D eigenvalue weighted by atomic mass is 79.9. The van der Waals surface area contributed by atoms with Crippen LogP contribution < -0.4 is 0 Å². The van der Waals surface area contributed by atoms with Gasteiger partial charge in [-0.15, -0.1) is 0 Å². The summed E-state index contributed by atoms with van der Waals surface area (Å²) in [4.78, 5) is 0. The predicted octanol–water partition coefficient (Wildman–Crippen LogP) is 13.8. The topological polar surface area (TPSA) is 9.23 Å². The lowest BCUT2D eigenvalue weighted by molar-refractivity contribution is 0.341. The summed E-state index contributed by atoms with van der Waals surface area (Å²) in [5.41, 5.74) is 13.2. The Hall–Kier alpha value is -5.15. The fourth-order valence-electron chi connectivity index (χ4n) is 7.66. The molecule has 0 amide bonds. The van der Waals surface area contributed by atoms with Gasteiger partial charge in [0.25, 0.3) is 0 Å². The normalized spacial score (nSPS) is 12.0. The zero-order chi connectivity index (χ0) is 32.4. The van der Waals surface area contributed by atoms with E-state index in [9.17, 15) is 0 Å². The van der Waals surface area contributed by atoms with Gasteiger partial charge in [0.15, 0.2) is 0 Å². The first kappa shape index (κ1) is 29.0. The molecular weight excluding hydrogens is 672 g/mol. The standard InChI is InChI=1S/C45H28BrClO/c1-48-22-21-31-25-39(46)40(47)26-36(31)30-19-20-34-37(23-30)42(28-13-6-3-7-14-28)45-38-24-29-15-8-9-16-32(29)33-17-10-18-35(43(33)38)44(45)41(34)27-11-4-2-5-12-27/h2-26H,1H3/b22-21+. The first-order valence-electron chi connectivity index (χ1n) is 16.0. The van der Waals surface area contributed by atoms with Crippen molar-refractivity contribution in [3.8, 4) is 55.6 Å². The van der Waals surface area contributed by atoms with Crippen molar-refractivity contribution >= 4 is 65.9 Å². The first-order valence-corrected chi connectivity index (χ1v) is 17.2. The number of methoxy groups -OCH3 is 1. The molecule has 48 heavy (non-hydrogen) atoms. The number of hydrogen-bond acceptors (Lipinski definition) is 1. The summed E-state index contributed by atoms with van der Waals surface area (Å²) in [7, 11) is 1.66. The molecule has 0 saturated heterocycles. The largest absolute Gasteiger partial charge is 0.504 e. The van der Waals surface area contributed by atoms with Crippen LogP contribution in [0.4, 0.5) is 0 Å². The monoisotopic (exact) mass is 698 g/mol. The minimum Gasteiger partial charge on any atom is -0.504 e. The lowest BCUT2D eigenvalue weighted by Gasteiger charge is -2.21. The van der Waals surface area contributed by atoms with Crippen LogP contribution in [0.2, 0.25) is 5.02 Å². The number of rotatable bonds is 5. The van der Waals surface area contributed by atoms with Crippen molar-refractivity contribution in [1.82, 2.24) is 0 Å². The van der Waals surface area contributed by atoms with Crippen LogP contribution >= 0.6 is 27.5 Å². The van der Waals surface area contributed by atoms with Crippen molar-refractivity contribution in [3.63, 3.8) is 0 Å². The molecule has 0 heterocycles. The van der Waals surface area contributed by atoms with E-state index in [2.05, 4.69) is 149 Å². The van der Waals surface area contributed by atoms with E-state index in [1.807, 2.05) is 12.1 Å². The van der Waals surface area contributed by atoms with Gasteiger partial charge in [-0.3, -0.25) is 0 Å². The lowest BCUT2D eigenvalue weighted by Crippen LogP contribution is -1.95. The summed E-state index contributed by atoms with van der Waals surface area (Å²) < 4.78 is 6.17. The van der Waals surface area contributed by atoms with E-state index in [4.69, 9.17) is 16.3 Å². The number of fused-ring (bicyclic) bond motifs is 6. The number of benzene rings is 8. The molecule has 1 aliphatic carbocycles. The SMILES string of the molecule is CO/C=C/c1cc(Br)c(Cl)cc1-c1ccc2c(-c3ccccc3)c3c(c(-c4ccccc4)c2c1)-c1cc2ccccc2c2cccc-3c12. The van der Waals surface area contributed by atoms with Crippen LogP contribution in [0.5, 0.6) is 0 Å². The fraction of sp³-hybridized carbons (Fsp3) is 0.0222. The molecule has 8 aromatic carbocycles. The smallest absolute Gasteiger partial charge is 0.0830 e. The zero-order valence-corrected chi connectivity index (χ0v) is 28.4. The molecule has 0 unspecified atom stereocenters. The maximum atomic E-state index is 6.74. The number of hydrogen-bond donors (Lipinski definition) is 0. The number of halogens is 2. The summed E-state index contributed by atoms with van der Waals surface area (Å²) in [6.45, 7) is 0. The molecule has 9 rings (SSSR count). The van der Waals surface area contributed by atoms with Crippen molar-refractivity contribution in [1.29, 1.82) is 0 Å². The molecule has 0 N–H and O–H groups in total. The van der Waals surface area contributed by atoms with E-state index in [1.165, 1.54) is 76.8 Å². The average Bonchev–Trinajstić information content (AvgIpc) is 3.45. The Labute approximate surface area is 292 Å². The fourth-order valence-corrected chi connectivity index (χ4v) is 8.19. The van der Waals surface area contributed by atoms with Crippen LogP contribution in [-0.2, 0) is 4.74 Å². The van der Waals surface area contributed by atoms with Gasteiger partial charge in [0.2, 0.25) is 0 Å². The maximum Gasteiger partial charge on any atom is 0.0830 e. The molecule has 1 aliphatic rings. The van der Waals surface area contributed by atoms with Gasteiger partial charge in [-0.1, -0.05) is 127 Å². The third-order valence-corrected chi connectivity index (χ3v) is 10.8. The highest BCUT2D eigenvalue weighted by Gasteiger charge is 2.31. The van der Waals surface area contributed by atoms with E-state index < -0.39 is 0 Å². The Morgan fingerprint density at radius 2 is 1.19 bits per heavy atom. The van der Waals surface area contributed by atoms with Crippen molar-refractivity contribution in [2.45, 2.75) is 0 Å². The molecule has 228 valence electrons. The average molecular weight is 700 g/mol. The van der Waals surface area contributed by atoms with E-state index in [0.717, 1.165) is 21.2 Å². The molecule has 0 bridgehead atoms. The minimum absolute atomic E-state index is 0.663. The lowest BCUT2D eigenvalue weighted by atomic mass is 9.81. The summed E-state index contributed by atoms with van der Waals surface area (Å²) in [5, 5.41) is 8.22. The predicted molar refractivity (Wildman–Crippen MR) is 208 cm³/mol. The molecule has 0 fully saturated rings. The first-order chi connectivity index (χ1) is 23.6. The third-order valence-electron chi connectivity index (χ3n) is 9.64. The molecule has 0 aromatic heterocycles. The second kappa shape index (κ2) is 11.5. The molecular formula is C45H28BrClO. The summed E-state index contributed by atoms with van der Waals surface area (Å²) in [5.74, 6) is 0. The summed E-state index contributed by atoms with van der Waals surface area (Å²) in [6, 6.07) is 50.7. The van der Waals surface area contributed by atoms with Gasteiger partial charge in [0.1, 0.15) is 0 Å². The minimum atomic E-state index is 0.663. The maximum absolute atomic E-state index is 6.74. The van der Waals surface area contributed by atoms with Gasteiger partial charge in [0.05, 0.1) is 18.4 Å². The van der Waals surface area contributed by atoms with Gasteiger partial charge < -0.3 is 4.74 Å². The van der Waals surface area contributed by atoms with Crippen molar-refractivity contribution in [3.05, 3.63) is 161 Å². The Bertz CT molecular complexity index is 2600. The quantitative estimate of drug-likeness (QED) is 0.128. The van der Waals surface area contributed by atoms with Crippen LogP contribution in [0.3, 0.4) is 0 Å². The van der Waals surface area contributed by atoms with Gasteiger partial charge in [-0.25, -0.2) is 0 Å². The van der Waals surface area contributed by atoms with Gasteiger partial charge >= 0.3 is 0 Å². The molecule has 1 nitrogen and oxygen atoms in total. The van der Waals surface area contributed by atoms with Crippen LogP contribution in [0.15, 0.2) is 150 Å². The van der Waals surface area contributed by atoms with Gasteiger partial charge in [0, 0.05) is 4.47 Å². The third kappa shape index (κ3) is 4.44. The molecule has 0 radical (unpaired) electrons. The summed E-state index contributed by atoms with van der Waals surface area (Å²) in [6.07, 6.45) is 3.69. The molecule has 3 heteroatoms. The zero-order valence-electron chi connectivity index (χ0n) is 26.1. The highest BCUT2D eigenvalue weighted by molar-refractivity contribution is 9.10. The molecule has 0 atom stereocenters. The van der Waals surface area contributed by atoms with Crippen LogP contribution in [0, 0.1) is 0 Å². The van der Waals surface area contributed by atoms with Crippen molar-refractivity contribution in [2.24, 2.45) is 0 Å². The summed E-state index contributed by atoms with van der Waals surface area (Å²) >= 11 is 10.4. The van der Waals surface area contributed by atoms with Crippen LogP contribution in [0.25, 0.3) is 94.0 Å². The van der Waals surface area contributed by atoms with Crippen molar-refractivity contribution < 1.29 is 4.74 Å². The molecule has 0 saturated carbocycles. The Balaban J connectivity index is 1.48. The van der Waals surface area contributed by atoms with Crippen molar-refractivity contribution in [2.75, 3.05) is 7.11 Å². The number of ether oxygens (including phenoxy) is 1. The second-order valence-electron chi connectivity index (χ2n) is 12.3. The van der Waals surface area contributed by atoms with E-state index >= 15 is 0 Å². The highest BCUT2D eigenvalue weighted by Crippen LogP contribution is 2.58. The second-order valence-corrected chi connectivity index (χ2v) is 13.5. The molecule has 0 aliphatic heterocycles. The van der Waals surface area contributed by atoms with Crippen LogP contribution in [-0.4, -0.2) is 7.11 Å². The Morgan fingerprint density at radius 1 is 0.521 bits per heavy atom. The Morgan fingerprint density at radius 3 is 1.94 bits per heavy atom. The Kier molecular flexibility index (Phi) is 6.97. The van der Waals surface area contributed by atoms with E-state index in [1.54, 1.807) is 13.4 Å². The molecule has 0 spiro atoms. The van der Waals surface area contributed by atoms with Gasteiger partial charge in [-0.2, -0.15) is 0 Å². The van der Waals surface area contributed by atoms with Crippen LogP contribution in [0.1, 0.15) is 5.56 Å². The molecule has 8 aromatic rings.